The van der Waals surface area contributed by atoms with E-state index in [0.717, 1.165) is 42.9 Å². The first-order valence-corrected chi connectivity index (χ1v) is 7.78. The Morgan fingerprint density at radius 3 is 2.53 bits per heavy atom. The molecule has 0 atom stereocenters. The zero-order chi connectivity index (χ0) is 13.8. The number of aromatic nitrogens is 1. The highest BCUT2D eigenvalue weighted by molar-refractivity contribution is 8.00. The van der Waals surface area contributed by atoms with Gasteiger partial charge in [0.15, 0.2) is 5.78 Å². The molecule has 19 heavy (non-hydrogen) atoms. The van der Waals surface area contributed by atoms with Crippen LogP contribution in [0.3, 0.4) is 0 Å². The fraction of sp³-hybridized carbons (Fsp3) is 0.571. The molecule has 4 nitrogen and oxygen atoms in total. The van der Waals surface area contributed by atoms with Gasteiger partial charge in [-0.1, -0.05) is 0 Å². The van der Waals surface area contributed by atoms with E-state index in [-0.39, 0.29) is 11.7 Å². The van der Waals surface area contributed by atoms with Crippen LogP contribution in [0.1, 0.15) is 34.6 Å². The van der Waals surface area contributed by atoms with E-state index in [9.17, 15) is 9.59 Å². The lowest BCUT2D eigenvalue weighted by molar-refractivity contribution is -0.127. The van der Waals surface area contributed by atoms with Crippen molar-refractivity contribution in [3.8, 4) is 0 Å². The van der Waals surface area contributed by atoms with Crippen LogP contribution in [0.5, 0.6) is 0 Å². The van der Waals surface area contributed by atoms with Gasteiger partial charge >= 0.3 is 0 Å². The second-order valence-electron chi connectivity index (χ2n) is 4.99. The van der Waals surface area contributed by atoms with Crippen LogP contribution in [0.4, 0.5) is 0 Å². The Kier molecular flexibility index (Phi) is 4.69. The number of aromatic amines is 1. The molecule has 1 aliphatic heterocycles. The molecule has 5 heteroatoms. The maximum atomic E-state index is 12.0. The molecule has 1 aliphatic rings. The van der Waals surface area contributed by atoms with E-state index in [2.05, 4.69) is 4.98 Å². The maximum absolute atomic E-state index is 12.0. The van der Waals surface area contributed by atoms with Crippen molar-refractivity contribution in [1.82, 2.24) is 9.88 Å². The molecule has 0 unspecified atom stereocenters. The number of carbonyl (C=O) groups is 2. The number of thioether (sulfide) groups is 1. The van der Waals surface area contributed by atoms with Crippen LogP contribution in [0.25, 0.3) is 0 Å². The normalized spacial score (nSPS) is 14.9. The first kappa shape index (κ1) is 14.2. The molecule has 1 N–H and O–H groups in total. The minimum atomic E-state index is 0.0982. The summed E-state index contributed by atoms with van der Waals surface area (Å²) in [6.45, 7) is 5.60. The second-order valence-corrected chi connectivity index (χ2v) is 5.98. The number of aryl methyl sites for hydroxylation is 2. The lowest BCUT2D eigenvalue weighted by atomic mass is 10.2. The zero-order valence-corrected chi connectivity index (χ0v) is 12.3. The Morgan fingerprint density at radius 1 is 1.26 bits per heavy atom. The number of amides is 1. The molecule has 0 bridgehead atoms. The molecule has 0 spiro atoms. The van der Waals surface area contributed by atoms with Crippen molar-refractivity contribution in [3.63, 3.8) is 0 Å². The number of likely N-dealkylation sites (tertiary alicyclic amines) is 1. The largest absolute Gasteiger partial charge is 0.362 e. The smallest absolute Gasteiger partial charge is 0.232 e. The molecular formula is C14H20N2O2S. The summed E-state index contributed by atoms with van der Waals surface area (Å²) in [5.74, 6) is 1.05. The molecule has 0 radical (unpaired) electrons. The fourth-order valence-electron chi connectivity index (χ4n) is 2.38. The van der Waals surface area contributed by atoms with E-state index in [0.29, 0.717) is 11.5 Å². The molecule has 1 aromatic rings. The molecule has 1 aromatic heterocycles. The number of rotatable bonds is 5. The van der Waals surface area contributed by atoms with Crippen molar-refractivity contribution in [2.45, 2.75) is 26.7 Å². The summed E-state index contributed by atoms with van der Waals surface area (Å²) >= 11 is 1.41. The predicted octanol–water partition coefficient (Wildman–Crippen LogP) is 2.17. The number of hydrogen-bond donors (Lipinski definition) is 1. The third kappa shape index (κ3) is 3.62. The quantitative estimate of drug-likeness (QED) is 0.841. The molecule has 1 saturated heterocycles. The molecule has 1 fully saturated rings. The summed E-state index contributed by atoms with van der Waals surface area (Å²) in [5, 5.41) is 0. The van der Waals surface area contributed by atoms with E-state index in [1.165, 1.54) is 11.8 Å². The Labute approximate surface area is 117 Å². The summed E-state index contributed by atoms with van der Waals surface area (Å²) < 4.78 is 0. The van der Waals surface area contributed by atoms with E-state index in [4.69, 9.17) is 0 Å². The van der Waals surface area contributed by atoms with Gasteiger partial charge in [-0.05, 0) is 32.8 Å². The standard InChI is InChI=1S/C14H20N2O2S/c1-10-7-12(11(2)15-10)13(17)8-19-9-14(18)16-5-3-4-6-16/h7,15H,3-6,8-9H2,1-2H3. The maximum Gasteiger partial charge on any atom is 0.232 e. The predicted molar refractivity (Wildman–Crippen MR) is 77.7 cm³/mol. The number of Topliss-reactive ketones (excluding diaryl/α,β-unsaturated/α-hetero) is 1. The van der Waals surface area contributed by atoms with Crippen LogP contribution in [0.2, 0.25) is 0 Å². The molecule has 1 amide bonds. The van der Waals surface area contributed by atoms with Gasteiger partial charge in [-0.25, -0.2) is 0 Å². The molecule has 104 valence electrons. The van der Waals surface area contributed by atoms with Gasteiger partial charge in [0, 0.05) is 30.0 Å². The average molecular weight is 280 g/mol. The van der Waals surface area contributed by atoms with Gasteiger partial charge in [0.05, 0.1) is 11.5 Å². The van der Waals surface area contributed by atoms with Crippen LogP contribution in [-0.4, -0.2) is 46.2 Å². The van der Waals surface area contributed by atoms with Crippen molar-refractivity contribution in [2.75, 3.05) is 24.6 Å². The number of carbonyl (C=O) groups excluding carboxylic acids is 2. The highest BCUT2D eigenvalue weighted by Gasteiger charge is 2.18. The van der Waals surface area contributed by atoms with Gasteiger partial charge in [-0.2, -0.15) is 0 Å². The molecule has 0 aliphatic carbocycles. The van der Waals surface area contributed by atoms with Crippen LogP contribution in [0.15, 0.2) is 6.07 Å². The summed E-state index contributed by atoms with van der Waals surface area (Å²) in [6.07, 6.45) is 2.22. The third-order valence-electron chi connectivity index (χ3n) is 3.37. The second kappa shape index (κ2) is 6.28. The first-order valence-electron chi connectivity index (χ1n) is 6.63. The SMILES string of the molecule is Cc1cc(C(=O)CSCC(=O)N2CCCC2)c(C)[nH]1. The van der Waals surface area contributed by atoms with E-state index >= 15 is 0 Å². The highest BCUT2D eigenvalue weighted by Crippen LogP contribution is 2.15. The average Bonchev–Trinajstić information content (AvgIpc) is 2.98. The minimum absolute atomic E-state index is 0.0982. The zero-order valence-electron chi connectivity index (χ0n) is 11.5. The van der Waals surface area contributed by atoms with E-state index in [1.54, 1.807) is 0 Å². The summed E-state index contributed by atoms with van der Waals surface area (Å²) in [4.78, 5) is 28.9. The number of ketones is 1. The topological polar surface area (TPSA) is 53.2 Å². The summed E-state index contributed by atoms with van der Waals surface area (Å²) in [6, 6.07) is 1.88. The fourth-order valence-corrected chi connectivity index (χ4v) is 3.18. The lowest BCUT2D eigenvalue weighted by Gasteiger charge is -2.14. The van der Waals surface area contributed by atoms with Gasteiger partial charge in [0.2, 0.25) is 5.91 Å². The van der Waals surface area contributed by atoms with Crippen LogP contribution in [0, 0.1) is 13.8 Å². The molecule has 0 saturated carbocycles. The van der Waals surface area contributed by atoms with Crippen molar-refractivity contribution in [2.24, 2.45) is 0 Å². The highest BCUT2D eigenvalue weighted by atomic mass is 32.2. The van der Waals surface area contributed by atoms with E-state index in [1.807, 2.05) is 24.8 Å². The monoisotopic (exact) mass is 280 g/mol. The first-order chi connectivity index (χ1) is 9.08. The molecular weight excluding hydrogens is 260 g/mol. The van der Waals surface area contributed by atoms with Crippen LogP contribution < -0.4 is 0 Å². The number of hydrogen-bond acceptors (Lipinski definition) is 3. The Bertz CT molecular complexity index is 476. The molecule has 0 aromatic carbocycles. The van der Waals surface area contributed by atoms with Crippen molar-refractivity contribution in [3.05, 3.63) is 23.0 Å². The third-order valence-corrected chi connectivity index (χ3v) is 4.28. The Morgan fingerprint density at radius 2 is 1.95 bits per heavy atom. The van der Waals surface area contributed by atoms with Crippen LogP contribution in [-0.2, 0) is 4.79 Å². The lowest BCUT2D eigenvalue weighted by Crippen LogP contribution is -2.29. The number of nitrogens with one attached hydrogen (secondary N) is 1. The van der Waals surface area contributed by atoms with Crippen molar-refractivity contribution < 1.29 is 9.59 Å². The molecule has 2 rings (SSSR count). The van der Waals surface area contributed by atoms with Crippen LogP contribution >= 0.6 is 11.8 Å². The number of nitrogens with zero attached hydrogens (tertiary/aromatic N) is 1. The van der Waals surface area contributed by atoms with Gasteiger partial charge in [-0.15, -0.1) is 11.8 Å². The van der Waals surface area contributed by atoms with Gasteiger partial charge in [-0.3, -0.25) is 9.59 Å². The van der Waals surface area contributed by atoms with Gasteiger partial charge < -0.3 is 9.88 Å². The summed E-state index contributed by atoms with van der Waals surface area (Å²) in [7, 11) is 0. The van der Waals surface area contributed by atoms with Crippen molar-refractivity contribution >= 4 is 23.5 Å². The number of H-pyrrole nitrogens is 1. The minimum Gasteiger partial charge on any atom is -0.362 e. The Hall–Kier alpha value is -1.23. The van der Waals surface area contributed by atoms with Gasteiger partial charge in [0.1, 0.15) is 0 Å². The van der Waals surface area contributed by atoms with E-state index < -0.39 is 0 Å². The summed E-state index contributed by atoms with van der Waals surface area (Å²) in [5.41, 5.74) is 2.66. The Balaban J connectivity index is 1.77. The van der Waals surface area contributed by atoms with Crippen molar-refractivity contribution in [1.29, 1.82) is 0 Å². The molecule has 2 heterocycles. The van der Waals surface area contributed by atoms with Gasteiger partial charge in [0.25, 0.3) is 0 Å².